The number of rotatable bonds is 3. The van der Waals surface area contributed by atoms with Gasteiger partial charge in [0.1, 0.15) is 0 Å². The molecule has 1 aliphatic rings. The molecule has 1 heterocycles. The molecule has 2 atom stereocenters. The second kappa shape index (κ2) is 5.72. The van der Waals surface area contributed by atoms with E-state index in [0.29, 0.717) is 6.04 Å². The standard InChI is InChI=1S/C17H21N3O/c1-3-17(21)19-13-5-4-6-14(10-13)20-11-18-15-9-12(2)7-8-16(15)20/h3,7-9,11,13-14H,1,4-6,10H2,2H3,(H,19,21)/t13-,14+/m0/s1. The molecule has 21 heavy (non-hydrogen) atoms. The Kier molecular flexibility index (Phi) is 3.78. The smallest absolute Gasteiger partial charge is 0.243 e. The van der Waals surface area contributed by atoms with Crippen LogP contribution in [0.4, 0.5) is 0 Å². The van der Waals surface area contributed by atoms with Gasteiger partial charge in [-0.2, -0.15) is 0 Å². The summed E-state index contributed by atoms with van der Waals surface area (Å²) in [5.41, 5.74) is 3.46. The lowest BCUT2D eigenvalue weighted by Crippen LogP contribution is -2.37. The first-order chi connectivity index (χ1) is 10.2. The number of carbonyl (C=O) groups excluding carboxylic acids is 1. The van der Waals surface area contributed by atoms with E-state index >= 15 is 0 Å². The van der Waals surface area contributed by atoms with Crippen molar-refractivity contribution in [3.05, 3.63) is 42.7 Å². The van der Waals surface area contributed by atoms with Crippen LogP contribution in [0.25, 0.3) is 11.0 Å². The number of benzene rings is 1. The average molecular weight is 283 g/mol. The Morgan fingerprint density at radius 1 is 1.48 bits per heavy atom. The summed E-state index contributed by atoms with van der Waals surface area (Å²) in [7, 11) is 0. The zero-order valence-corrected chi connectivity index (χ0v) is 12.4. The summed E-state index contributed by atoms with van der Waals surface area (Å²) in [5.74, 6) is -0.0771. The normalized spacial score (nSPS) is 22.1. The molecule has 4 heteroatoms. The number of nitrogens with zero attached hydrogens (tertiary/aromatic N) is 2. The van der Waals surface area contributed by atoms with Crippen LogP contribution in [0.15, 0.2) is 37.2 Å². The lowest BCUT2D eigenvalue weighted by molar-refractivity contribution is -0.117. The van der Waals surface area contributed by atoms with Gasteiger partial charge in [-0.15, -0.1) is 0 Å². The molecule has 4 nitrogen and oxygen atoms in total. The van der Waals surface area contributed by atoms with Crippen LogP contribution in [0, 0.1) is 6.92 Å². The molecule has 1 aliphatic carbocycles. The van der Waals surface area contributed by atoms with Crippen LogP contribution in [0.3, 0.4) is 0 Å². The number of amides is 1. The van der Waals surface area contributed by atoms with Crippen molar-refractivity contribution in [2.45, 2.75) is 44.7 Å². The van der Waals surface area contributed by atoms with Crippen molar-refractivity contribution in [1.82, 2.24) is 14.9 Å². The summed E-state index contributed by atoms with van der Waals surface area (Å²) < 4.78 is 2.26. The highest BCUT2D eigenvalue weighted by atomic mass is 16.1. The Hall–Kier alpha value is -2.10. The minimum atomic E-state index is -0.0771. The SMILES string of the molecule is C=CC(=O)N[C@H]1CCC[C@@H](n2cnc3cc(C)ccc32)C1. The number of fused-ring (bicyclic) bond motifs is 1. The molecule has 2 aromatic rings. The van der Waals surface area contributed by atoms with Gasteiger partial charge >= 0.3 is 0 Å². The lowest BCUT2D eigenvalue weighted by Gasteiger charge is -2.30. The van der Waals surface area contributed by atoms with Gasteiger partial charge in [-0.05, 0) is 56.4 Å². The van der Waals surface area contributed by atoms with E-state index in [9.17, 15) is 4.79 Å². The molecule has 1 N–H and O–H groups in total. The molecule has 1 aromatic carbocycles. The Morgan fingerprint density at radius 3 is 3.14 bits per heavy atom. The fourth-order valence-corrected chi connectivity index (χ4v) is 3.24. The fraction of sp³-hybridized carbons (Fsp3) is 0.412. The third-order valence-corrected chi connectivity index (χ3v) is 4.30. The van der Waals surface area contributed by atoms with E-state index in [4.69, 9.17) is 0 Å². The summed E-state index contributed by atoms with van der Waals surface area (Å²) in [5, 5.41) is 3.03. The van der Waals surface area contributed by atoms with Gasteiger partial charge in [0.2, 0.25) is 5.91 Å². The van der Waals surface area contributed by atoms with Crippen molar-refractivity contribution in [3.63, 3.8) is 0 Å². The minimum Gasteiger partial charge on any atom is -0.350 e. The molecule has 0 aliphatic heterocycles. The highest BCUT2D eigenvalue weighted by molar-refractivity contribution is 5.87. The van der Waals surface area contributed by atoms with Gasteiger partial charge in [-0.25, -0.2) is 4.98 Å². The number of hydrogen-bond acceptors (Lipinski definition) is 2. The Morgan fingerprint density at radius 2 is 2.33 bits per heavy atom. The molecule has 110 valence electrons. The van der Waals surface area contributed by atoms with E-state index in [2.05, 4.69) is 46.6 Å². The predicted octanol–water partition coefficient (Wildman–Crippen LogP) is 3.13. The van der Waals surface area contributed by atoms with E-state index in [-0.39, 0.29) is 11.9 Å². The molecule has 3 rings (SSSR count). The molecule has 0 spiro atoms. The molecule has 0 unspecified atom stereocenters. The average Bonchev–Trinajstić information content (AvgIpc) is 2.90. The van der Waals surface area contributed by atoms with Gasteiger partial charge in [0.25, 0.3) is 0 Å². The van der Waals surface area contributed by atoms with Gasteiger partial charge < -0.3 is 9.88 Å². The number of hydrogen-bond donors (Lipinski definition) is 1. The quantitative estimate of drug-likeness (QED) is 0.880. The van der Waals surface area contributed by atoms with Crippen molar-refractivity contribution in [3.8, 4) is 0 Å². The van der Waals surface area contributed by atoms with Crippen molar-refractivity contribution >= 4 is 16.9 Å². The van der Waals surface area contributed by atoms with Crippen LogP contribution in [-0.2, 0) is 4.79 Å². The second-order valence-corrected chi connectivity index (χ2v) is 5.87. The van der Waals surface area contributed by atoms with Crippen molar-refractivity contribution in [1.29, 1.82) is 0 Å². The molecule has 1 saturated carbocycles. The van der Waals surface area contributed by atoms with Crippen LogP contribution in [0.2, 0.25) is 0 Å². The van der Waals surface area contributed by atoms with Crippen LogP contribution in [0.1, 0.15) is 37.3 Å². The van der Waals surface area contributed by atoms with Gasteiger partial charge in [0.05, 0.1) is 17.4 Å². The third kappa shape index (κ3) is 2.84. The maximum atomic E-state index is 11.5. The van der Waals surface area contributed by atoms with E-state index in [1.165, 1.54) is 17.2 Å². The molecule has 1 amide bonds. The lowest BCUT2D eigenvalue weighted by atomic mass is 9.90. The first-order valence-corrected chi connectivity index (χ1v) is 7.53. The number of imidazole rings is 1. The van der Waals surface area contributed by atoms with E-state index in [1.807, 2.05) is 6.33 Å². The monoisotopic (exact) mass is 283 g/mol. The maximum absolute atomic E-state index is 11.5. The summed E-state index contributed by atoms with van der Waals surface area (Å²) in [6.07, 6.45) is 7.55. The maximum Gasteiger partial charge on any atom is 0.243 e. The zero-order valence-electron chi connectivity index (χ0n) is 12.4. The summed E-state index contributed by atoms with van der Waals surface area (Å²) in [6.45, 7) is 5.60. The highest BCUT2D eigenvalue weighted by Gasteiger charge is 2.24. The molecular weight excluding hydrogens is 262 g/mol. The van der Waals surface area contributed by atoms with E-state index in [0.717, 1.165) is 31.2 Å². The first-order valence-electron chi connectivity index (χ1n) is 7.53. The van der Waals surface area contributed by atoms with Crippen LogP contribution >= 0.6 is 0 Å². The molecule has 0 radical (unpaired) electrons. The third-order valence-electron chi connectivity index (χ3n) is 4.30. The molecule has 1 aromatic heterocycles. The Labute approximate surface area is 124 Å². The largest absolute Gasteiger partial charge is 0.350 e. The van der Waals surface area contributed by atoms with E-state index < -0.39 is 0 Å². The molecular formula is C17H21N3O. The fourth-order valence-electron chi connectivity index (χ4n) is 3.24. The number of aromatic nitrogens is 2. The second-order valence-electron chi connectivity index (χ2n) is 5.87. The van der Waals surface area contributed by atoms with Crippen molar-refractivity contribution in [2.24, 2.45) is 0 Å². The number of carbonyl (C=O) groups is 1. The minimum absolute atomic E-state index is 0.0771. The number of nitrogens with one attached hydrogen (secondary N) is 1. The summed E-state index contributed by atoms with van der Waals surface area (Å²) >= 11 is 0. The van der Waals surface area contributed by atoms with Crippen LogP contribution in [-0.4, -0.2) is 21.5 Å². The Balaban J connectivity index is 1.81. The zero-order chi connectivity index (χ0) is 14.8. The van der Waals surface area contributed by atoms with Crippen molar-refractivity contribution < 1.29 is 4.79 Å². The van der Waals surface area contributed by atoms with E-state index in [1.54, 1.807) is 0 Å². The Bertz CT molecular complexity index is 674. The summed E-state index contributed by atoms with van der Waals surface area (Å²) in [6, 6.07) is 7.02. The van der Waals surface area contributed by atoms with Crippen LogP contribution < -0.4 is 5.32 Å². The van der Waals surface area contributed by atoms with Gasteiger partial charge in [0, 0.05) is 12.1 Å². The predicted molar refractivity (Wildman–Crippen MR) is 84.1 cm³/mol. The summed E-state index contributed by atoms with van der Waals surface area (Å²) in [4.78, 5) is 16.0. The topological polar surface area (TPSA) is 46.9 Å². The molecule has 1 fully saturated rings. The van der Waals surface area contributed by atoms with Gasteiger partial charge in [0.15, 0.2) is 0 Å². The van der Waals surface area contributed by atoms with Gasteiger partial charge in [-0.3, -0.25) is 4.79 Å². The van der Waals surface area contributed by atoms with Gasteiger partial charge in [-0.1, -0.05) is 12.6 Å². The van der Waals surface area contributed by atoms with Crippen molar-refractivity contribution in [2.75, 3.05) is 0 Å². The highest BCUT2D eigenvalue weighted by Crippen LogP contribution is 2.31. The molecule has 0 bridgehead atoms. The number of aryl methyl sites for hydroxylation is 1. The molecule has 0 saturated heterocycles. The van der Waals surface area contributed by atoms with Crippen LogP contribution in [0.5, 0.6) is 0 Å². The first kappa shape index (κ1) is 13.9.